The molecule has 2 nitrogen and oxygen atoms in total. The van der Waals surface area contributed by atoms with Crippen LogP contribution in [-0.2, 0) is 11.2 Å². The van der Waals surface area contributed by atoms with Crippen LogP contribution < -0.4 is 4.74 Å². The predicted molar refractivity (Wildman–Crippen MR) is 127 cm³/mol. The maximum atomic E-state index is 14.7. The Hall–Kier alpha value is -2.72. The summed E-state index contributed by atoms with van der Waals surface area (Å²) in [7, 11) is 1.69. The van der Waals surface area contributed by atoms with Crippen LogP contribution in [-0.4, -0.2) is 20.3 Å². The third-order valence-electron chi connectivity index (χ3n) is 5.57. The second-order valence-corrected chi connectivity index (χ2v) is 8.02. The number of unbranched alkanes of at least 4 members (excludes halogenated alkanes) is 3. The molecular formula is C28H32F2O2. The zero-order valence-corrected chi connectivity index (χ0v) is 19.0. The van der Waals surface area contributed by atoms with Gasteiger partial charge in [0.05, 0.1) is 6.61 Å². The number of halogens is 2. The van der Waals surface area contributed by atoms with Gasteiger partial charge in [0.25, 0.3) is 0 Å². The van der Waals surface area contributed by atoms with E-state index in [0.29, 0.717) is 12.2 Å². The van der Waals surface area contributed by atoms with E-state index in [4.69, 9.17) is 9.47 Å². The molecule has 0 atom stereocenters. The molecule has 4 heteroatoms. The lowest BCUT2D eigenvalue weighted by atomic mass is 9.98. The molecule has 0 fully saturated rings. The number of ether oxygens (including phenoxy) is 2. The topological polar surface area (TPSA) is 18.5 Å². The quantitative estimate of drug-likeness (QED) is 0.268. The fourth-order valence-corrected chi connectivity index (χ4v) is 3.75. The third kappa shape index (κ3) is 6.39. The minimum absolute atomic E-state index is 0.0352. The maximum absolute atomic E-state index is 14.7. The molecule has 0 unspecified atom stereocenters. The van der Waals surface area contributed by atoms with Crippen LogP contribution in [0.3, 0.4) is 0 Å². The molecule has 170 valence electrons. The number of hydrogen-bond acceptors (Lipinski definition) is 2. The van der Waals surface area contributed by atoms with Gasteiger partial charge in [-0.05, 0) is 60.1 Å². The summed E-state index contributed by atoms with van der Waals surface area (Å²) < 4.78 is 39.8. The van der Waals surface area contributed by atoms with E-state index in [0.717, 1.165) is 56.3 Å². The van der Waals surface area contributed by atoms with E-state index in [1.165, 1.54) is 11.6 Å². The lowest BCUT2D eigenvalue weighted by molar-refractivity contribution is 0.190. The summed E-state index contributed by atoms with van der Waals surface area (Å²) in [6, 6.07) is 19.1. The highest BCUT2D eigenvalue weighted by molar-refractivity contribution is 5.71. The monoisotopic (exact) mass is 438 g/mol. The molecule has 0 aliphatic heterocycles. The fourth-order valence-electron chi connectivity index (χ4n) is 3.75. The highest BCUT2D eigenvalue weighted by atomic mass is 19.2. The lowest BCUT2D eigenvalue weighted by Crippen LogP contribution is -2.02. The van der Waals surface area contributed by atoms with Gasteiger partial charge in [0, 0.05) is 19.3 Å². The number of benzene rings is 3. The van der Waals surface area contributed by atoms with E-state index in [9.17, 15) is 8.78 Å². The molecule has 0 saturated carbocycles. The first-order valence-corrected chi connectivity index (χ1v) is 11.4. The number of aryl methyl sites for hydroxylation is 1. The second kappa shape index (κ2) is 12.4. The van der Waals surface area contributed by atoms with Crippen LogP contribution >= 0.6 is 0 Å². The molecule has 32 heavy (non-hydrogen) atoms. The molecule has 0 aromatic heterocycles. The van der Waals surface area contributed by atoms with Gasteiger partial charge in [0.1, 0.15) is 0 Å². The van der Waals surface area contributed by atoms with Gasteiger partial charge in [-0.2, -0.15) is 4.39 Å². The number of rotatable bonds is 12. The Kier molecular flexibility index (Phi) is 9.24. The summed E-state index contributed by atoms with van der Waals surface area (Å²) in [6.07, 6.45) is 5.99. The summed E-state index contributed by atoms with van der Waals surface area (Å²) in [4.78, 5) is 0. The molecule has 3 aromatic carbocycles. The van der Waals surface area contributed by atoms with Gasteiger partial charge in [-0.15, -0.1) is 0 Å². The highest BCUT2D eigenvalue weighted by Crippen LogP contribution is 2.31. The van der Waals surface area contributed by atoms with Crippen molar-refractivity contribution >= 4 is 0 Å². The van der Waals surface area contributed by atoms with Crippen molar-refractivity contribution in [2.24, 2.45) is 0 Å². The lowest BCUT2D eigenvalue weighted by Gasteiger charge is -2.11. The second-order valence-electron chi connectivity index (χ2n) is 8.02. The average Bonchev–Trinajstić information content (AvgIpc) is 2.82. The summed E-state index contributed by atoms with van der Waals surface area (Å²) in [5.74, 6) is -1.84. The van der Waals surface area contributed by atoms with Crippen LogP contribution in [0.4, 0.5) is 8.78 Å². The standard InChI is InChI=1S/C28H32F2O2/c1-3-8-21-9-11-22(12-10-21)23-13-15-24(16-14-23)25-17-18-26(28(30)27(25)29)32-20-7-5-4-6-19-31-2/h9-18H,3-8,19-20H2,1-2H3. The van der Waals surface area contributed by atoms with Crippen molar-refractivity contribution in [1.29, 1.82) is 0 Å². The SMILES string of the molecule is CCCc1ccc(-c2ccc(-c3ccc(OCCCCCCOC)c(F)c3F)cc2)cc1. The maximum Gasteiger partial charge on any atom is 0.201 e. The van der Waals surface area contributed by atoms with Gasteiger partial charge in [0.15, 0.2) is 11.6 Å². The van der Waals surface area contributed by atoms with Crippen molar-refractivity contribution in [2.75, 3.05) is 20.3 Å². The first kappa shape index (κ1) is 23.9. The molecule has 0 amide bonds. The predicted octanol–water partition coefficient (Wildman–Crippen LogP) is 7.84. The van der Waals surface area contributed by atoms with E-state index in [1.54, 1.807) is 13.2 Å². The van der Waals surface area contributed by atoms with Crippen molar-refractivity contribution < 1.29 is 18.3 Å². The van der Waals surface area contributed by atoms with Crippen LogP contribution in [0.25, 0.3) is 22.3 Å². The first-order valence-electron chi connectivity index (χ1n) is 11.4. The molecule has 0 bridgehead atoms. The third-order valence-corrected chi connectivity index (χ3v) is 5.57. The van der Waals surface area contributed by atoms with Crippen LogP contribution in [0.15, 0.2) is 60.7 Å². The Labute approximate surface area is 190 Å². The molecule has 0 saturated heterocycles. The fraction of sp³-hybridized carbons (Fsp3) is 0.357. The van der Waals surface area contributed by atoms with Gasteiger partial charge in [-0.1, -0.05) is 68.3 Å². The van der Waals surface area contributed by atoms with Crippen LogP contribution in [0, 0.1) is 11.6 Å². The van der Waals surface area contributed by atoms with Crippen molar-refractivity contribution in [3.8, 4) is 28.0 Å². The molecule has 0 spiro atoms. The van der Waals surface area contributed by atoms with Gasteiger partial charge in [-0.25, -0.2) is 4.39 Å². The molecule has 0 radical (unpaired) electrons. The highest BCUT2D eigenvalue weighted by Gasteiger charge is 2.16. The van der Waals surface area contributed by atoms with E-state index < -0.39 is 11.6 Å². The molecule has 0 heterocycles. The normalized spacial score (nSPS) is 11.0. The molecule has 3 rings (SSSR count). The molecular weight excluding hydrogens is 406 g/mol. The number of hydrogen-bond donors (Lipinski definition) is 0. The van der Waals surface area contributed by atoms with Crippen LogP contribution in [0.1, 0.15) is 44.6 Å². The van der Waals surface area contributed by atoms with Gasteiger partial charge < -0.3 is 9.47 Å². The Bertz CT molecular complexity index is 966. The zero-order chi connectivity index (χ0) is 22.8. The van der Waals surface area contributed by atoms with E-state index in [1.807, 2.05) is 24.3 Å². The van der Waals surface area contributed by atoms with E-state index in [2.05, 4.69) is 31.2 Å². The minimum atomic E-state index is -0.933. The van der Waals surface area contributed by atoms with Crippen molar-refractivity contribution in [2.45, 2.75) is 45.4 Å². The molecule has 0 aliphatic carbocycles. The van der Waals surface area contributed by atoms with Gasteiger partial charge in [-0.3, -0.25) is 0 Å². The van der Waals surface area contributed by atoms with E-state index in [-0.39, 0.29) is 11.3 Å². The average molecular weight is 439 g/mol. The Morgan fingerprint density at radius 2 is 1.25 bits per heavy atom. The van der Waals surface area contributed by atoms with Crippen LogP contribution in [0.2, 0.25) is 0 Å². The summed E-state index contributed by atoms with van der Waals surface area (Å²) >= 11 is 0. The molecule has 0 N–H and O–H groups in total. The molecule has 0 aliphatic rings. The van der Waals surface area contributed by atoms with Crippen molar-refractivity contribution in [3.63, 3.8) is 0 Å². The minimum Gasteiger partial charge on any atom is -0.490 e. The van der Waals surface area contributed by atoms with Crippen molar-refractivity contribution in [1.82, 2.24) is 0 Å². The molecule has 3 aromatic rings. The van der Waals surface area contributed by atoms with E-state index >= 15 is 0 Å². The summed E-state index contributed by atoms with van der Waals surface area (Å²) in [5, 5.41) is 0. The largest absolute Gasteiger partial charge is 0.490 e. The van der Waals surface area contributed by atoms with Crippen molar-refractivity contribution in [3.05, 3.63) is 77.9 Å². The van der Waals surface area contributed by atoms with Crippen LogP contribution in [0.5, 0.6) is 5.75 Å². The van der Waals surface area contributed by atoms with Gasteiger partial charge in [0.2, 0.25) is 5.82 Å². The summed E-state index contributed by atoms with van der Waals surface area (Å²) in [6.45, 7) is 3.28. The summed E-state index contributed by atoms with van der Waals surface area (Å²) in [5.41, 5.74) is 4.34. The number of methoxy groups -OCH3 is 1. The zero-order valence-electron chi connectivity index (χ0n) is 19.0. The Morgan fingerprint density at radius 1 is 0.656 bits per heavy atom. The Morgan fingerprint density at radius 3 is 1.88 bits per heavy atom. The first-order chi connectivity index (χ1) is 15.6. The Balaban J connectivity index is 1.63. The van der Waals surface area contributed by atoms with Gasteiger partial charge >= 0.3 is 0 Å². The smallest absolute Gasteiger partial charge is 0.201 e.